The molecule has 188 valence electrons. The van der Waals surface area contributed by atoms with Gasteiger partial charge in [-0.05, 0) is 42.3 Å². The van der Waals surface area contributed by atoms with Crippen LogP contribution in [0, 0.1) is 6.92 Å². The predicted molar refractivity (Wildman–Crippen MR) is 139 cm³/mol. The van der Waals surface area contributed by atoms with Crippen molar-refractivity contribution in [2.75, 3.05) is 12.4 Å². The highest BCUT2D eigenvalue weighted by Gasteiger charge is 2.24. The lowest BCUT2D eigenvalue weighted by Gasteiger charge is -2.06. The Balaban J connectivity index is 1.28. The van der Waals surface area contributed by atoms with E-state index in [4.69, 9.17) is 4.42 Å². The first-order valence-electron chi connectivity index (χ1n) is 11.6. The molecule has 9 nitrogen and oxygen atoms in total. The number of rotatable bonds is 8. The lowest BCUT2D eigenvalue weighted by molar-refractivity contribution is 0.0816. The minimum absolute atomic E-state index is 0.0227. The van der Waals surface area contributed by atoms with Gasteiger partial charge in [0.2, 0.25) is 10.0 Å². The molecule has 0 fully saturated rings. The van der Waals surface area contributed by atoms with Crippen LogP contribution >= 0.6 is 11.3 Å². The van der Waals surface area contributed by atoms with Crippen LogP contribution in [-0.4, -0.2) is 36.2 Å². The van der Waals surface area contributed by atoms with Gasteiger partial charge in [0, 0.05) is 31.6 Å². The number of sulfonamides is 1. The molecule has 1 amide bonds. The average molecular weight is 526 g/mol. The number of amides is 1. The summed E-state index contributed by atoms with van der Waals surface area (Å²) in [6, 6.07) is 10.8. The maximum atomic E-state index is 12.9. The molecular formula is C25H27N5O4S2. The maximum absolute atomic E-state index is 12.9. The van der Waals surface area contributed by atoms with Crippen LogP contribution in [0.4, 0.5) is 5.13 Å². The first-order valence-corrected chi connectivity index (χ1v) is 13.9. The topological polar surface area (TPSA) is 117 Å². The smallest absolute Gasteiger partial charge is 0.254 e. The van der Waals surface area contributed by atoms with Gasteiger partial charge in [-0.1, -0.05) is 37.3 Å². The quantitative estimate of drug-likeness (QED) is 0.350. The molecule has 0 bridgehead atoms. The van der Waals surface area contributed by atoms with E-state index in [0.29, 0.717) is 41.1 Å². The molecule has 1 aliphatic rings. The largest absolute Gasteiger partial charge is 0.444 e. The molecule has 0 saturated carbocycles. The van der Waals surface area contributed by atoms with E-state index in [1.807, 2.05) is 32.0 Å². The number of thiazole rings is 1. The Morgan fingerprint density at radius 1 is 1.14 bits per heavy atom. The van der Waals surface area contributed by atoms with Gasteiger partial charge in [-0.2, -0.15) is 0 Å². The number of hydrogen-bond donors (Lipinski definition) is 2. The molecule has 0 unspecified atom stereocenters. The van der Waals surface area contributed by atoms with Crippen molar-refractivity contribution in [2.24, 2.45) is 0 Å². The highest BCUT2D eigenvalue weighted by atomic mass is 32.2. The summed E-state index contributed by atoms with van der Waals surface area (Å²) >= 11 is 1.44. The van der Waals surface area contributed by atoms with E-state index >= 15 is 0 Å². The number of carbonyl (C=O) groups is 1. The summed E-state index contributed by atoms with van der Waals surface area (Å²) < 4.78 is 35.0. The van der Waals surface area contributed by atoms with E-state index in [1.165, 1.54) is 11.3 Å². The fourth-order valence-corrected chi connectivity index (χ4v) is 5.88. The highest BCUT2D eigenvalue weighted by Crippen LogP contribution is 2.29. The van der Waals surface area contributed by atoms with Crippen LogP contribution in [0.1, 0.15) is 58.6 Å². The zero-order valence-electron chi connectivity index (χ0n) is 20.5. The van der Waals surface area contributed by atoms with Crippen molar-refractivity contribution in [3.05, 3.63) is 70.4 Å². The normalized spacial score (nSPS) is 13.7. The Kier molecular flexibility index (Phi) is 6.31. The van der Waals surface area contributed by atoms with Crippen LogP contribution in [0.2, 0.25) is 0 Å². The molecule has 2 N–H and O–H groups in total. The minimum Gasteiger partial charge on any atom is -0.444 e. The van der Waals surface area contributed by atoms with Gasteiger partial charge in [-0.15, -0.1) is 0 Å². The number of benzene rings is 2. The lowest BCUT2D eigenvalue weighted by atomic mass is 10.1. The van der Waals surface area contributed by atoms with Crippen molar-refractivity contribution in [1.29, 1.82) is 0 Å². The number of nitrogens with zero attached hydrogens (tertiary/aromatic N) is 3. The third-order valence-electron chi connectivity index (χ3n) is 6.10. The molecular weight excluding hydrogens is 498 g/mol. The molecule has 2 aromatic carbocycles. The van der Waals surface area contributed by atoms with Gasteiger partial charge in [0.1, 0.15) is 5.76 Å². The summed E-state index contributed by atoms with van der Waals surface area (Å²) in [5, 5.41) is 3.96. The van der Waals surface area contributed by atoms with E-state index in [-0.39, 0.29) is 23.3 Å². The maximum Gasteiger partial charge on any atom is 0.254 e. The summed E-state index contributed by atoms with van der Waals surface area (Å²) in [7, 11) is -1.97. The van der Waals surface area contributed by atoms with Crippen LogP contribution in [-0.2, 0) is 29.7 Å². The first-order chi connectivity index (χ1) is 17.1. The molecule has 2 aromatic heterocycles. The van der Waals surface area contributed by atoms with Crippen molar-refractivity contribution >= 4 is 42.6 Å². The average Bonchev–Trinajstić information content (AvgIpc) is 3.51. The van der Waals surface area contributed by atoms with E-state index in [1.54, 1.807) is 37.1 Å². The van der Waals surface area contributed by atoms with Gasteiger partial charge in [0.25, 0.3) is 5.91 Å². The molecule has 0 atom stereocenters. The third-order valence-corrected chi connectivity index (χ3v) is 8.49. The van der Waals surface area contributed by atoms with Crippen LogP contribution in [0.5, 0.6) is 0 Å². The van der Waals surface area contributed by atoms with E-state index in [0.717, 1.165) is 21.4 Å². The molecule has 0 spiro atoms. The first kappa shape index (κ1) is 24.4. The second kappa shape index (κ2) is 9.30. The van der Waals surface area contributed by atoms with Crippen molar-refractivity contribution in [3.63, 3.8) is 0 Å². The molecule has 0 saturated heterocycles. The summed E-state index contributed by atoms with van der Waals surface area (Å²) in [6.45, 7) is 6.90. The SMILES string of the molecule is Cc1nc(C(C)C)oc1CNS(=O)(=O)c1ccc2sc(NCc3ccc4c(c3)C(=O)N(C)C4)nc2c1. The van der Waals surface area contributed by atoms with E-state index < -0.39 is 10.0 Å². The molecule has 0 radical (unpaired) electrons. The highest BCUT2D eigenvalue weighted by molar-refractivity contribution is 7.89. The summed E-state index contributed by atoms with van der Waals surface area (Å²) in [6.07, 6.45) is 0. The zero-order chi connectivity index (χ0) is 25.6. The number of anilines is 1. The summed E-state index contributed by atoms with van der Waals surface area (Å²) in [5.41, 5.74) is 4.02. The zero-order valence-corrected chi connectivity index (χ0v) is 22.1. The monoisotopic (exact) mass is 525 g/mol. The van der Waals surface area contributed by atoms with Crippen LogP contribution in [0.15, 0.2) is 45.7 Å². The van der Waals surface area contributed by atoms with Gasteiger partial charge in [0.15, 0.2) is 11.0 Å². The molecule has 5 rings (SSSR count). The predicted octanol–water partition coefficient (Wildman–Crippen LogP) is 4.39. The van der Waals surface area contributed by atoms with Gasteiger partial charge in [0.05, 0.1) is 27.4 Å². The number of nitrogens with one attached hydrogen (secondary N) is 2. The molecule has 1 aliphatic heterocycles. The van der Waals surface area contributed by atoms with Gasteiger partial charge in [-0.3, -0.25) is 4.79 Å². The third kappa shape index (κ3) is 4.73. The number of carbonyl (C=O) groups excluding carboxylic acids is 1. The van der Waals surface area contributed by atoms with E-state index in [2.05, 4.69) is 20.0 Å². The Hall–Kier alpha value is -3.28. The van der Waals surface area contributed by atoms with Crippen molar-refractivity contribution < 1.29 is 17.6 Å². The fraction of sp³-hybridized carbons (Fsp3) is 0.320. The Bertz CT molecular complexity index is 1570. The van der Waals surface area contributed by atoms with Crippen molar-refractivity contribution in [1.82, 2.24) is 19.6 Å². The second-order valence-electron chi connectivity index (χ2n) is 9.19. The second-order valence-corrected chi connectivity index (χ2v) is 12.0. The van der Waals surface area contributed by atoms with Gasteiger partial charge >= 0.3 is 0 Å². The molecule has 11 heteroatoms. The number of hydrogen-bond acceptors (Lipinski definition) is 8. The fourth-order valence-electron chi connectivity index (χ4n) is 4.04. The van der Waals surface area contributed by atoms with Crippen molar-refractivity contribution in [2.45, 2.75) is 51.2 Å². The summed E-state index contributed by atoms with van der Waals surface area (Å²) in [4.78, 5) is 23.0. The minimum atomic E-state index is -3.77. The standard InChI is InChI=1S/C25H27N5O4S2/c1-14(2)23-28-15(3)21(34-23)12-27-36(32,33)18-7-8-22-20(10-18)29-25(35-22)26-11-16-5-6-17-13-30(4)24(31)19(17)9-16/h5-10,14,27H,11-13H2,1-4H3,(H,26,29). The Morgan fingerprint density at radius 3 is 2.69 bits per heavy atom. The Labute approximate surface area is 213 Å². The number of aromatic nitrogens is 2. The number of fused-ring (bicyclic) bond motifs is 2. The molecule has 0 aliphatic carbocycles. The van der Waals surface area contributed by atoms with Crippen molar-refractivity contribution in [3.8, 4) is 0 Å². The number of aryl methyl sites for hydroxylation is 1. The van der Waals surface area contributed by atoms with Gasteiger partial charge in [-0.25, -0.2) is 23.1 Å². The molecule has 3 heterocycles. The molecule has 36 heavy (non-hydrogen) atoms. The summed E-state index contributed by atoms with van der Waals surface area (Å²) in [5.74, 6) is 1.25. The number of oxazole rings is 1. The van der Waals surface area contributed by atoms with Gasteiger partial charge < -0.3 is 14.6 Å². The van der Waals surface area contributed by atoms with Crippen LogP contribution in [0.3, 0.4) is 0 Å². The Morgan fingerprint density at radius 2 is 1.94 bits per heavy atom. The van der Waals surface area contributed by atoms with Crippen LogP contribution < -0.4 is 10.0 Å². The van der Waals surface area contributed by atoms with E-state index in [9.17, 15) is 13.2 Å². The van der Waals surface area contributed by atoms with Crippen LogP contribution in [0.25, 0.3) is 10.2 Å². The molecule has 4 aromatic rings. The lowest BCUT2D eigenvalue weighted by Crippen LogP contribution is -2.23.